The highest BCUT2D eigenvalue weighted by Gasteiger charge is 2.17. The smallest absolute Gasteiger partial charge is 0.409 e. The fourth-order valence-corrected chi connectivity index (χ4v) is 1.62. The molecular formula is C12H19NO4. The first-order chi connectivity index (χ1) is 8.24. The van der Waals surface area contributed by atoms with Gasteiger partial charge in [0.15, 0.2) is 0 Å². The lowest BCUT2D eigenvalue weighted by Gasteiger charge is -2.25. The highest BCUT2D eigenvalue weighted by Crippen LogP contribution is 2.09. The lowest BCUT2D eigenvalue weighted by atomic mass is 10.1. The Kier molecular flexibility index (Phi) is 6.14. The number of amides is 1. The molecule has 1 aliphatic heterocycles. The number of rotatable bonds is 5. The minimum absolute atomic E-state index is 0.248. The van der Waals surface area contributed by atoms with Crippen LogP contribution in [0.1, 0.15) is 25.7 Å². The Morgan fingerprint density at radius 3 is 2.41 bits per heavy atom. The van der Waals surface area contributed by atoms with E-state index in [1.165, 1.54) is 6.42 Å². The monoisotopic (exact) mass is 241 g/mol. The van der Waals surface area contributed by atoms with E-state index in [9.17, 15) is 9.59 Å². The second kappa shape index (κ2) is 7.70. The first kappa shape index (κ1) is 13.5. The molecule has 17 heavy (non-hydrogen) atoms. The van der Waals surface area contributed by atoms with Crippen molar-refractivity contribution < 1.29 is 19.1 Å². The van der Waals surface area contributed by atoms with Crippen molar-refractivity contribution in [2.24, 2.45) is 0 Å². The molecule has 0 aromatic carbocycles. The Bertz CT molecular complexity index is 272. The van der Waals surface area contributed by atoms with Crippen molar-refractivity contribution in [3.05, 3.63) is 12.7 Å². The van der Waals surface area contributed by atoms with Crippen molar-refractivity contribution in [1.82, 2.24) is 4.90 Å². The van der Waals surface area contributed by atoms with Gasteiger partial charge in [0.05, 0.1) is 13.2 Å². The first-order valence-corrected chi connectivity index (χ1v) is 5.95. The molecule has 0 saturated carbocycles. The average Bonchev–Trinajstić information content (AvgIpc) is 2.38. The summed E-state index contributed by atoms with van der Waals surface area (Å²) in [5.41, 5.74) is 0. The first-order valence-electron chi connectivity index (χ1n) is 5.95. The summed E-state index contributed by atoms with van der Waals surface area (Å²) in [6, 6.07) is 0. The molecule has 5 nitrogen and oxygen atoms in total. The average molecular weight is 241 g/mol. The van der Waals surface area contributed by atoms with Gasteiger partial charge in [0.1, 0.15) is 0 Å². The van der Waals surface area contributed by atoms with Crippen molar-refractivity contribution in [3.8, 4) is 0 Å². The molecular weight excluding hydrogens is 222 g/mol. The van der Waals surface area contributed by atoms with Gasteiger partial charge in [-0.3, -0.25) is 0 Å². The topological polar surface area (TPSA) is 55.8 Å². The molecule has 0 aromatic rings. The molecule has 0 N–H and O–H groups in total. The third kappa shape index (κ3) is 5.38. The lowest BCUT2D eigenvalue weighted by Crippen LogP contribution is -2.36. The van der Waals surface area contributed by atoms with Gasteiger partial charge in [0.2, 0.25) is 0 Å². The van der Waals surface area contributed by atoms with Gasteiger partial charge >= 0.3 is 12.1 Å². The molecule has 1 heterocycles. The summed E-state index contributed by atoms with van der Waals surface area (Å²) >= 11 is 0. The zero-order valence-corrected chi connectivity index (χ0v) is 10.0. The third-order valence-corrected chi connectivity index (χ3v) is 2.54. The Hall–Kier alpha value is -1.52. The van der Waals surface area contributed by atoms with Crippen LogP contribution < -0.4 is 0 Å². The van der Waals surface area contributed by atoms with Gasteiger partial charge in [-0.25, -0.2) is 9.59 Å². The SMILES string of the molecule is C=CC(=O)OCCCOC(=O)N1CCCCC1. The Morgan fingerprint density at radius 1 is 1.12 bits per heavy atom. The molecule has 1 rings (SSSR count). The number of likely N-dealkylation sites (tertiary alicyclic amines) is 1. The Morgan fingerprint density at radius 2 is 1.76 bits per heavy atom. The molecule has 0 aromatic heterocycles. The van der Waals surface area contributed by atoms with Crippen molar-refractivity contribution in [2.45, 2.75) is 25.7 Å². The van der Waals surface area contributed by atoms with Crippen molar-refractivity contribution in [3.63, 3.8) is 0 Å². The van der Waals surface area contributed by atoms with E-state index in [0.29, 0.717) is 6.42 Å². The minimum atomic E-state index is -0.452. The summed E-state index contributed by atoms with van der Waals surface area (Å²) in [7, 11) is 0. The minimum Gasteiger partial charge on any atom is -0.462 e. The standard InChI is InChI=1S/C12H19NO4/c1-2-11(14)16-9-6-10-17-12(15)13-7-4-3-5-8-13/h2H,1,3-10H2. The van der Waals surface area contributed by atoms with Crippen LogP contribution in [0.15, 0.2) is 12.7 Å². The van der Waals surface area contributed by atoms with Crippen molar-refractivity contribution >= 4 is 12.1 Å². The molecule has 1 aliphatic rings. The van der Waals surface area contributed by atoms with Crippen LogP contribution in [0.4, 0.5) is 4.79 Å². The number of carbonyl (C=O) groups is 2. The number of nitrogens with zero attached hydrogens (tertiary/aromatic N) is 1. The summed E-state index contributed by atoms with van der Waals surface area (Å²) in [5.74, 6) is -0.452. The van der Waals surface area contributed by atoms with Gasteiger partial charge in [-0.1, -0.05) is 6.58 Å². The molecule has 0 aliphatic carbocycles. The van der Waals surface area contributed by atoms with Crippen molar-refractivity contribution in [1.29, 1.82) is 0 Å². The van der Waals surface area contributed by atoms with E-state index in [-0.39, 0.29) is 19.3 Å². The van der Waals surface area contributed by atoms with Gasteiger partial charge < -0.3 is 14.4 Å². The van der Waals surface area contributed by atoms with E-state index in [4.69, 9.17) is 9.47 Å². The molecule has 0 atom stereocenters. The van der Waals surface area contributed by atoms with Crippen LogP contribution in [-0.4, -0.2) is 43.3 Å². The molecule has 0 unspecified atom stereocenters. The number of hydrogen-bond donors (Lipinski definition) is 0. The lowest BCUT2D eigenvalue weighted by molar-refractivity contribution is -0.138. The molecule has 5 heteroatoms. The van der Waals surface area contributed by atoms with E-state index >= 15 is 0 Å². The van der Waals surface area contributed by atoms with Crippen LogP contribution in [0.5, 0.6) is 0 Å². The van der Waals surface area contributed by atoms with E-state index < -0.39 is 5.97 Å². The van der Waals surface area contributed by atoms with E-state index in [1.807, 2.05) is 0 Å². The maximum absolute atomic E-state index is 11.5. The van der Waals surface area contributed by atoms with E-state index in [0.717, 1.165) is 32.0 Å². The summed E-state index contributed by atoms with van der Waals surface area (Å²) < 4.78 is 9.82. The molecule has 0 spiro atoms. The maximum Gasteiger partial charge on any atom is 0.409 e. The van der Waals surface area contributed by atoms with Crippen LogP contribution in [0.2, 0.25) is 0 Å². The molecule has 0 bridgehead atoms. The molecule has 1 fully saturated rings. The number of ether oxygens (including phenoxy) is 2. The Labute approximate surface area is 101 Å². The summed E-state index contributed by atoms with van der Waals surface area (Å²) in [6.07, 6.45) is 4.64. The van der Waals surface area contributed by atoms with E-state index in [2.05, 4.69) is 6.58 Å². The molecule has 96 valence electrons. The van der Waals surface area contributed by atoms with Crippen LogP contribution >= 0.6 is 0 Å². The van der Waals surface area contributed by atoms with E-state index in [1.54, 1.807) is 4.90 Å². The number of carbonyl (C=O) groups excluding carboxylic acids is 2. The predicted molar refractivity (Wildman–Crippen MR) is 62.5 cm³/mol. The van der Waals surface area contributed by atoms with Gasteiger partial charge in [0, 0.05) is 25.6 Å². The molecule has 1 amide bonds. The second-order valence-corrected chi connectivity index (χ2v) is 3.89. The van der Waals surface area contributed by atoms with Crippen LogP contribution in [-0.2, 0) is 14.3 Å². The quantitative estimate of drug-likeness (QED) is 0.418. The fourth-order valence-electron chi connectivity index (χ4n) is 1.62. The maximum atomic E-state index is 11.5. The van der Waals surface area contributed by atoms with Gasteiger partial charge in [0.25, 0.3) is 0 Å². The summed E-state index contributed by atoms with van der Waals surface area (Å²) in [5, 5.41) is 0. The fraction of sp³-hybridized carbons (Fsp3) is 0.667. The zero-order chi connectivity index (χ0) is 12.5. The number of hydrogen-bond acceptors (Lipinski definition) is 4. The van der Waals surface area contributed by atoms with Gasteiger partial charge in [-0.15, -0.1) is 0 Å². The van der Waals surface area contributed by atoms with Crippen LogP contribution in [0.3, 0.4) is 0 Å². The summed E-state index contributed by atoms with van der Waals surface area (Å²) in [6.45, 7) is 5.37. The Balaban J connectivity index is 2.03. The highest BCUT2D eigenvalue weighted by molar-refractivity contribution is 5.81. The number of piperidine rings is 1. The highest BCUT2D eigenvalue weighted by atomic mass is 16.6. The third-order valence-electron chi connectivity index (χ3n) is 2.54. The normalized spacial score (nSPS) is 15.2. The molecule has 0 radical (unpaired) electrons. The van der Waals surface area contributed by atoms with Crippen LogP contribution in [0.25, 0.3) is 0 Å². The van der Waals surface area contributed by atoms with Crippen LogP contribution in [0, 0.1) is 0 Å². The predicted octanol–water partition coefficient (Wildman–Crippen LogP) is 1.73. The van der Waals surface area contributed by atoms with Crippen molar-refractivity contribution in [2.75, 3.05) is 26.3 Å². The largest absolute Gasteiger partial charge is 0.462 e. The second-order valence-electron chi connectivity index (χ2n) is 3.89. The number of esters is 1. The van der Waals surface area contributed by atoms with Gasteiger partial charge in [-0.05, 0) is 19.3 Å². The molecule has 1 saturated heterocycles. The zero-order valence-electron chi connectivity index (χ0n) is 10.0. The van der Waals surface area contributed by atoms with Gasteiger partial charge in [-0.2, -0.15) is 0 Å². The summed E-state index contributed by atoms with van der Waals surface area (Å²) in [4.78, 5) is 24.0.